The van der Waals surface area contributed by atoms with Crippen LogP contribution in [0.15, 0.2) is 66.1 Å². The Morgan fingerprint density at radius 3 is 2.71 bits per heavy atom. The molecule has 156 valence electrons. The van der Waals surface area contributed by atoms with E-state index in [1.54, 1.807) is 42.9 Å². The molecule has 8 nitrogen and oxygen atoms in total. The first-order chi connectivity index (χ1) is 15.0. The van der Waals surface area contributed by atoms with Gasteiger partial charge in [0.1, 0.15) is 11.6 Å². The molecule has 5 rings (SSSR count). The minimum Gasteiger partial charge on any atom is -0.454 e. The number of ether oxygens (including phenoxy) is 1. The van der Waals surface area contributed by atoms with Crippen LogP contribution in [0.25, 0.3) is 5.70 Å². The van der Waals surface area contributed by atoms with Crippen LogP contribution in [-0.2, 0) is 12.1 Å². The lowest BCUT2D eigenvalue weighted by Crippen LogP contribution is -2.44. The third-order valence-corrected chi connectivity index (χ3v) is 5.22. The summed E-state index contributed by atoms with van der Waals surface area (Å²) in [5.74, 6) is 1.02. The van der Waals surface area contributed by atoms with E-state index in [1.807, 2.05) is 12.1 Å². The predicted octanol–water partition coefficient (Wildman–Crippen LogP) is 2.45. The molecular weight excluding hydrogens is 397 g/mol. The van der Waals surface area contributed by atoms with E-state index in [0.29, 0.717) is 17.0 Å². The van der Waals surface area contributed by atoms with Gasteiger partial charge in [0.15, 0.2) is 23.2 Å². The minimum absolute atomic E-state index is 0.0943. The van der Waals surface area contributed by atoms with Crippen LogP contribution >= 0.6 is 0 Å². The van der Waals surface area contributed by atoms with Crippen molar-refractivity contribution in [3.05, 3.63) is 83.6 Å². The highest BCUT2D eigenvalue weighted by Crippen LogP contribution is 2.35. The Balaban J connectivity index is 1.47. The summed E-state index contributed by atoms with van der Waals surface area (Å²) >= 11 is 0. The molecule has 3 aromatic rings. The molecule has 2 aliphatic heterocycles. The van der Waals surface area contributed by atoms with Gasteiger partial charge in [0.05, 0.1) is 0 Å². The first kappa shape index (κ1) is 19.0. The van der Waals surface area contributed by atoms with E-state index < -0.39 is 11.5 Å². The summed E-state index contributed by atoms with van der Waals surface area (Å²) in [5, 5.41) is 6.17. The van der Waals surface area contributed by atoms with Crippen LogP contribution in [0.4, 0.5) is 10.2 Å². The van der Waals surface area contributed by atoms with Crippen LogP contribution in [-0.4, -0.2) is 22.5 Å². The molecule has 0 bridgehead atoms. The number of nitrogens with two attached hydrogens (primary N) is 2. The molecule has 31 heavy (non-hydrogen) atoms. The number of rotatable bonds is 4. The summed E-state index contributed by atoms with van der Waals surface area (Å²) in [5.41, 5.74) is 14.0. The lowest BCUT2D eigenvalue weighted by atomic mass is 9.96. The van der Waals surface area contributed by atoms with E-state index in [2.05, 4.69) is 25.6 Å². The molecule has 1 atom stereocenters. The van der Waals surface area contributed by atoms with Gasteiger partial charge in [-0.2, -0.15) is 0 Å². The standard InChI is InChI=1S/C22H20FN7O/c23-16-11-14(1-2-19(16)31-18-6-10-28-20-15(18)5-9-27-20)22(25)12-17(29-21(24)30-22)13-3-7-26-8-4-13/h1-4,6-8,10-12H,5,9,25H2,(H,27,28)(H3,24,29,30). The van der Waals surface area contributed by atoms with E-state index in [4.69, 9.17) is 16.2 Å². The topological polar surface area (TPSA) is 123 Å². The molecule has 2 aliphatic rings. The van der Waals surface area contributed by atoms with Crippen LogP contribution in [0, 0.1) is 5.82 Å². The number of nitrogens with zero attached hydrogens (tertiary/aromatic N) is 3. The number of nitrogens with one attached hydrogen (secondary N) is 2. The average molecular weight is 417 g/mol. The summed E-state index contributed by atoms with van der Waals surface area (Å²) in [6.07, 6.45) is 7.43. The monoisotopic (exact) mass is 417 g/mol. The molecule has 0 radical (unpaired) electrons. The Morgan fingerprint density at radius 2 is 1.90 bits per heavy atom. The normalized spacial score (nSPS) is 19.5. The average Bonchev–Trinajstić information content (AvgIpc) is 3.25. The van der Waals surface area contributed by atoms with Crippen molar-refractivity contribution in [2.24, 2.45) is 16.5 Å². The molecule has 4 heterocycles. The molecular formula is C22H20FN7O. The number of aliphatic imine (C=N–C) groups is 1. The van der Waals surface area contributed by atoms with Crippen LogP contribution in [0.1, 0.15) is 16.7 Å². The molecule has 0 saturated heterocycles. The van der Waals surface area contributed by atoms with Gasteiger partial charge in [-0.05, 0) is 42.8 Å². The smallest absolute Gasteiger partial charge is 0.195 e. The zero-order valence-electron chi connectivity index (χ0n) is 16.5. The molecule has 0 aliphatic carbocycles. The third kappa shape index (κ3) is 3.55. The molecule has 9 heteroatoms. The zero-order valence-corrected chi connectivity index (χ0v) is 16.5. The van der Waals surface area contributed by atoms with Gasteiger partial charge in [0.2, 0.25) is 0 Å². The number of halogens is 1. The molecule has 0 amide bonds. The Morgan fingerprint density at radius 1 is 1.06 bits per heavy atom. The van der Waals surface area contributed by atoms with Gasteiger partial charge in [-0.1, -0.05) is 6.07 Å². The lowest BCUT2D eigenvalue weighted by molar-refractivity contribution is 0.436. The van der Waals surface area contributed by atoms with Gasteiger partial charge in [0, 0.05) is 47.5 Å². The van der Waals surface area contributed by atoms with Gasteiger partial charge in [0.25, 0.3) is 0 Å². The van der Waals surface area contributed by atoms with E-state index in [9.17, 15) is 4.39 Å². The van der Waals surface area contributed by atoms with E-state index in [-0.39, 0.29) is 11.7 Å². The maximum absolute atomic E-state index is 15.0. The van der Waals surface area contributed by atoms with Crippen molar-refractivity contribution in [1.29, 1.82) is 0 Å². The molecule has 0 saturated carbocycles. The Kier molecular flexibility index (Phi) is 4.52. The second-order valence-corrected chi connectivity index (χ2v) is 7.30. The fraction of sp³-hybridized carbons (Fsp3) is 0.136. The van der Waals surface area contributed by atoms with Crippen molar-refractivity contribution in [3.8, 4) is 11.5 Å². The maximum Gasteiger partial charge on any atom is 0.195 e. The number of benzene rings is 1. The van der Waals surface area contributed by atoms with Gasteiger partial charge < -0.3 is 21.1 Å². The fourth-order valence-electron chi connectivity index (χ4n) is 3.71. The Hall–Kier alpha value is -3.98. The number of hydrogen-bond acceptors (Lipinski definition) is 8. The highest BCUT2D eigenvalue weighted by atomic mass is 19.1. The van der Waals surface area contributed by atoms with Crippen molar-refractivity contribution in [2.45, 2.75) is 12.1 Å². The molecule has 1 aromatic carbocycles. The number of anilines is 1. The largest absolute Gasteiger partial charge is 0.454 e. The van der Waals surface area contributed by atoms with Gasteiger partial charge in [-0.3, -0.25) is 10.7 Å². The SMILES string of the molecule is NC1=NC(N)(c2ccc(Oc3ccnc4c3CCN4)c(F)c2)C=C(c2ccncc2)N1. The highest BCUT2D eigenvalue weighted by molar-refractivity contribution is 5.90. The van der Waals surface area contributed by atoms with Crippen LogP contribution in [0.2, 0.25) is 0 Å². The molecule has 1 unspecified atom stereocenters. The Bertz CT molecular complexity index is 1210. The maximum atomic E-state index is 15.0. The molecule has 6 N–H and O–H groups in total. The number of fused-ring (bicyclic) bond motifs is 1. The summed E-state index contributed by atoms with van der Waals surface area (Å²) in [7, 11) is 0. The van der Waals surface area contributed by atoms with E-state index in [0.717, 1.165) is 29.9 Å². The molecule has 2 aromatic heterocycles. The van der Waals surface area contributed by atoms with E-state index >= 15 is 0 Å². The van der Waals surface area contributed by atoms with Gasteiger partial charge >= 0.3 is 0 Å². The third-order valence-electron chi connectivity index (χ3n) is 5.22. The summed E-state index contributed by atoms with van der Waals surface area (Å²) < 4.78 is 20.8. The highest BCUT2D eigenvalue weighted by Gasteiger charge is 2.30. The number of hydrogen-bond donors (Lipinski definition) is 4. The Labute approximate surface area is 177 Å². The first-order valence-electron chi connectivity index (χ1n) is 9.76. The van der Waals surface area contributed by atoms with Crippen molar-refractivity contribution < 1.29 is 9.13 Å². The quantitative estimate of drug-likeness (QED) is 0.514. The number of pyridine rings is 2. The zero-order chi connectivity index (χ0) is 21.4. The molecule has 0 spiro atoms. The lowest BCUT2D eigenvalue weighted by Gasteiger charge is -2.29. The van der Waals surface area contributed by atoms with Crippen molar-refractivity contribution in [3.63, 3.8) is 0 Å². The van der Waals surface area contributed by atoms with Crippen molar-refractivity contribution in [2.75, 3.05) is 11.9 Å². The van der Waals surface area contributed by atoms with Crippen LogP contribution in [0.5, 0.6) is 11.5 Å². The molecule has 0 fully saturated rings. The van der Waals surface area contributed by atoms with Crippen LogP contribution < -0.4 is 26.8 Å². The van der Waals surface area contributed by atoms with Crippen molar-refractivity contribution in [1.82, 2.24) is 15.3 Å². The summed E-state index contributed by atoms with van der Waals surface area (Å²) in [4.78, 5) is 12.6. The van der Waals surface area contributed by atoms with Crippen LogP contribution in [0.3, 0.4) is 0 Å². The second-order valence-electron chi connectivity index (χ2n) is 7.30. The van der Waals surface area contributed by atoms with Gasteiger partial charge in [-0.15, -0.1) is 0 Å². The second kappa shape index (κ2) is 7.37. The fourth-order valence-corrected chi connectivity index (χ4v) is 3.71. The van der Waals surface area contributed by atoms with E-state index in [1.165, 1.54) is 6.07 Å². The minimum atomic E-state index is -1.34. The summed E-state index contributed by atoms with van der Waals surface area (Å²) in [6, 6.07) is 9.90. The predicted molar refractivity (Wildman–Crippen MR) is 116 cm³/mol. The van der Waals surface area contributed by atoms with Gasteiger partial charge in [-0.25, -0.2) is 14.4 Å². The van der Waals surface area contributed by atoms with Crippen molar-refractivity contribution >= 4 is 17.5 Å². The number of guanidine groups is 1. The first-order valence-corrected chi connectivity index (χ1v) is 9.76. The number of aromatic nitrogens is 2. The summed E-state index contributed by atoms with van der Waals surface area (Å²) in [6.45, 7) is 0.777.